The van der Waals surface area contributed by atoms with E-state index in [4.69, 9.17) is 0 Å². The van der Waals surface area contributed by atoms with Crippen LogP contribution >= 0.6 is 0 Å². The van der Waals surface area contributed by atoms with Crippen LogP contribution in [0.15, 0.2) is 53.4 Å². The first-order chi connectivity index (χ1) is 15.0. The van der Waals surface area contributed by atoms with Crippen molar-refractivity contribution in [3.63, 3.8) is 0 Å². The van der Waals surface area contributed by atoms with Crippen LogP contribution in [0.1, 0.15) is 23.2 Å². The lowest BCUT2D eigenvalue weighted by molar-refractivity contribution is -0.140. The van der Waals surface area contributed by atoms with E-state index in [1.54, 1.807) is 5.32 Å². The molecule has 0 saturated carbocycles. The van der Waals surface area contributed by atoms with E-state index >= 15 is 0 Å². The van der Waals surface area contributed by atoms with Gasteiger partial charge in [0.2, 0.25) is 5.91 Å². The maximum atomic E-state index is 13.7. The molecule has 172 valence electrons. The number of para-hydroxylation sites is 1. The molecule has 1 fully saturated rings. The van der Waals surface area contributed by atoms with Crippen LogP contribution in [0.3, 0.4) is 0 Å². The summed E-state index contributed by atoms with van der Waals surface area (Å²) in [5.41, 5.74) is -0.178. The average Bonchev–Trinajstić information content (AvgIpc) is 3.22. The summed E-state index contributed by atoms with van der Waals surface area (Å²) in [7, 11) is -4.13. The summed E-state index contributed by atoms with van der Waals surface area (Å²) >= 11 is 0. The molecule has 2 aromatic carbocycles. The normalized spacial score (nSPS) is 16.6. The van der Waals surface area contributed by atoms with Crippen molar-refractivity contribution in [2.24, 2.45) is 0 Å². The van der Waals surface area contributed by atoms with Gasteiger partial charge in [0.15, 0.2) is 0 Å². The second-order valence-electron chi connectivity index (χ2n) is 7.10. The highest BCUT2D eigenvalue weighted by molar-refractivity contribution is 7.92. The Morgan fingerprint density at radius 1 is 1.06 bits per heavy atom. The van der Waals surface area contributed by atoms with Crippen LogP contribution < -0.4 is 10.0 Å². The van der Waals surface area contributed by atoms with Gasteiger partial charge in [-0.1, -0.05) is 12.1 Å². The number of anilines is 1. The van der Waals surface area contributed by atoms with Crippen LogP contribution in [-0.2, 0) is 14.8 Å². The van der Waals surface area contributed by atoms with Crippen molar-refractivity contribution in [2.45, 2.75) is 30.0 Å². The van der Waals surface area contributed by atoms with Crippen molar-refractivity contribution < 1.29 is 35.6 Å². The summed E-state index contributed by atoms with van der Waals surface area (Å²) < 4.78 is 77.8. The summed E-state index contributed by atoms with van der Waals surface area (Å²) in [6.07, 6.45) is -3.91. The fraction of sp³-hybridized carbons (Fsp3) is 0.300. The van der Waals surface area contributed by atoms with Gasteiger partial charge in [-0.25, -0.2) is 12.8 Å². The van der Waals surface area contributed by atoms with E-state index in [1.165, 1.54) is 30.3 Å². The molecule has 2 N–H and O–H groups in total. The number of rotatable bonds is 6. The zero-order valence-electron chi connectivity index (χ0n) is 16.5. The van der Waals surface area contributed by atoms with Crippen LogP contribution in [0.25, 0.3) is 0 Å². The molecule has 1 unspecified atom stereocenters. The van der Waals surface area contributed by atoms with Gasteiger partial charge in [0.25, 0.3) is 15.9 Å². The van der Waals surface area contributed by atoms with Gasteiger partial charge in [-0.2, -0.15) is 13.2 Å². The largest absolute Gasteiger partial charge is 0.405 e. The number of alkyl halides is 3. The van der Waals surface area contributed by atoms with E-state index < -0.39 is 46.4 Å². The number of nitrogens with zero attached hydrogens (tertiary/aromatic N) is 1. The monoisotopic (exact) mass is 473 g/mol. The minimum absolute atomic E-state index is 0.0605. The lowest BCUT2D eigenvalue weighted by Crippen LogP contribution is -2.48. The minimum Gasteiger partial charge on any atom is -0.345 e. The number of hydrogen-bond donors (Lipinski definition) is 2. The van der Waals surface area contributed by atoms with Crippen LogP contribution in [0, 0.1) is 5.82 Å². The Kier molecular flexibility index (Phi) is 6.72. The van der Waals surface area contributed by atoms with E-state index in [9.17, 15) is 35.6 Å². The van der Waals surface area contributed by atoms with Gasteiger partial charge in [0, 0.05) is 12.1 Å². The van der Waals surface area contributed by atoms with Crippen LogP contribution in [0.5, 0.6) is 0 Å². The van der Waals surface area contributed by atoms with Crippen LogP contribution in [0.4, 0.5) is 23.2 Å². The number of sulfonamides is 1. The second-order valence-corrected chi connectivity index (χ2v) is 8.78. The molecule has 0 aromatic heterocycles. The molecule has 1 aliphatic heterocycles. The van der Waals surface area contributed by atoms with Gasteiger partial charge in [0.1, 0.15) is 18.4 Å². The van der Waals surface area contributed by atoms with Crippen molar-refractivity contribution in [2.75, 3.05) is 17.8 Å². The Morgan fingerprint density at radius 3 is 2.34 bits per heavy atom. The van der Waals surface area contributed by atoms with Crippen molar-refractivity contribution in [1.82, 2.24) is 10.2 Å². The molecule has 0 aliphatic carbocycles. The fourth-order valence-corrected chi connectivity index (χ4v) is 4.34. The third-order valence-corrected chi connectivity index (χ3v) is 6.19. The van der Waals surface area contributed by atoms with Crippen LogP contribution in [-0.4, -0.2) is 50.4 Å². The van der Waals surface area contributed by atoms with Crippen molar-refractivity contribution in [3.8, 4) is 0 Å². The second kappa shape index (κ2) is 9.15. The number of carbonyl (C=O) groups is 2. The van der Waals surface area contributed by atoms with Crippen molar-refractivity contribution in [1.29, 1.82) is 0 Å². The highest BCUT2D eigenvalue weighted by atomic mass is 32.2. The molecule has 1 saturated heterocycles. The summed E-state index contributed by atoms with van der Waals surface area (Å²) in [4.78, 5) is 25.8. The Hall–Kier alpha value is -3.15. The fourth-order valence-electron chi connectivity index (χ4n) is 3.28. The zero-order valence-corrected chi connectivity index (χ0v) is 17.3. The average molecular weight is 473 g/mol. The van der Waals surface area contributed by atoms with Gasteiger partial charge in [-0.3, -0.25) is 14.3 Å². The number of benzene rings is 2. The van der Waals surface area contributed by atoms with Gasteiger partial charge < -0.3 is 10.2 Å². The summed E-state index contributed by atoms with van der Waals surface area (Å²) in [5.74, 6) is -2.27. The smallest absolute Gasteiger partial charge is 0.345 e. The zero-order chi connectivity index (χ0) is 23.5. The molecule has 2 amide bonds. The first-order valence-electron chi connectivity index (χ1n) is 9.51. The molecular formula is C20H19F4N3O4S. The molecule has 0 radical (unpaired) electrons. The van der Waals surface area contributed by atoms with Crippen molar-refractivity contribution in [3.05, 3.63) is 59.9 Å². The van der Waals surface area contributed by atoms with E-state index in [-0.39, 0.29) is 29.1 Å². The van der Waals surface area contributed by atoms with Gasteiger partial charge in [0.05, 0.1) is 10.6 Å². The van der Waals surface area contributed by atoms with Crippen molar-refractivity contribution >= 4 is 27.5 Å². The molecule has 0 bridgehead atoms. The first kappa shape index (κ1) is 23.5. The third-order valence-electron chi connectivity index (χ3n) is 4.81. The van der Waals surface area contributed by atoms with E-state index in [0.29, 0.717) is 6.42 Å². The van der Waals surface area contributed by atoms with E-state index in [0.717, 1.165) is 23.1 Å². The Labute approximate surface area is 181 Å². The topological polar surface area (TPSA) is 95.6 Å². The number of nitrogens with one attached hydrogen (secondary N) is 2. The molecule has 3 rings (SSSR count). The van der Waals surface area contributed by atoms with E-state index in [2.05, 4.69) is 4.72 Å². The molecule has 1 atom stereocenters. The SMILES string of the molecule is O=C(NCC(F)(F)F)C1CCCN1C(=O)c1ccc(S(=O)(=O)Nc2ccccc2F)cc1. The van der Waals surface area contributed by atoms with Gasteiger partial charge in [-0.15, -0.1) is 0 Å². The quantitative estimate of drug-likeness (QED) is 0.631. The minimum atomic E-state index is -4.57. The predicted octanol–water partition coefficient (Wildman–Crippen LogP) is 2.91. The Morgan fingerprint density at radius 2 is 1.72 bits per heavy atom. The summed E-state index contributed by atoms with van der Waals surface area (Å²) in [5, 5.41) is 1.78. The standard InChI is InChI=1S/C20H19F4N3O4S/c21-15-4-1-2-5-16(15)26-32(30,31)14-9-7-13(8-10-14)19(29)27-11-3-6-17(27)18(28)25-12-20(22,23)24/h1-2,4-5,7-10,17,26H,3,6,11-12H2,(H,25,28). The number of amides is 2. The Bertz CT molecular complexity index is 1100. The maximum Gasteiger partial charge on any atom is 0.405 e. The number of halogens is 4. The molecule has 1 heterocycles. The highest BCUT2D eigenvalue weighted by Crippen LogP contribution is 2.23. The van der Waals surface area contributed by atoms with Gasteiger partial charge in [-0.05, 0) is 49.2 Å². The molecule has 12 heteroatoms. The van der Waals surface area contributed by atoms with Crippen LogP contribution in [0.2, 0.25) is 0 Å². The number of likely N-dealkylation sites (tertiary alicyclic amines) is 1. The highest BCUT2D eigenvalue weighted by Gasteiger charge is 2.36. The first-order valence-corrected chi connectivity index (χ1v) is 11.0. The third kappa shape index (κ3) is 5.55. The molecule has 7 nitrogen and oxygen atoms in total. The lowest BCUT2D eigenvalue weighted by atomic mass is 10.1. The molecular weight excluding hydrogens is 454 g/mol. The Balaban J connectivity index is 1.71. The molecule has 2 aromatic rings. The summed E-state index contributed by atoms with van der Waals surface area (Å²) in [6, 6.07) is 8.90. The molecule has 1 aliphatic rings. The predicted molar refractivity (Wildman–Crippen MR) is 107 cm³/mol. The van der Waals surface area contributed by atoms with Gasteiger partial charge >= 0.3 is 6.18 Å². The summed E-state index contributed by atoms with van der Waals surface area (Å²) in [6.45, 7) is -1.32. The van der Waals surface area contributed by atoms with E-state index in [1.807, 2.05) is 0 Å². The molecule has 32 heavy (non-hydrogen) atoms. The lowest BCUT2D eigenvalue weighted by Gasteiger charge is -2.24. The number of carbonyl (C=O) groups excluding carboxylic acids is 2. The molecule has 0 spiro atoms. The number of hydrogen-bond acceptors (Lipinski definition) is 4. The maximum absolute atomic E-state index is 13.7.